The molecule has 1 aliphatic carbocycles. The summed E-state index contributed by atoms with van der Waals surface area (Å²) in [5.41, 5.74) is -0.454. The van der Waals surface area contributed by atoms with Gasteiger partial charge in [0.2, 0.25) is 5.91 Å². The van der Waals surface area contributed by atoms with E-state index in [-0.39, 0.29) is 35.2 Å². The maximum Gasteiger partial charge on any atom is 0.287 e. The molecule has 1 aromatic heterocycles. The Balaban J connectivity index is 1.42. The number of likely N-dealkylation sites (tertiary alicyclic amines) is 1. The molecule has 4 rings (SSSR count). The van der Waals surface area contributed by atoms with Gasteiger partial charge in [0, 0.05) is 23.2 Å². The second-order valence-electron chi connectivity index (χ2n) is 9.06. The van der Waals surface area contributed by atoms with Crippen molar-refractivity contribution in [1.82, 2.24) is 15.5 Å². The van der Waals surface area contributed by atoms with Crippen LogP contribution in [0, 0.1) is 5.82 Å². The van der Waals surface area contributed by atoms with Crippen molar-refractivity contribution in [3.05, 3.63) is 57.7 Å². The summed E-state index contributed by atoms with van der Waals surface area (Å²) in [5.74, 6) is -1.50. The Kier molecular flexibility index (Phi) is 6.35. The van der Waals surface area contributed by atoms with Crippen LogP contribution < -0.4 is 10.6 Å². The molecule has 2 N–H and O–H groups in total. The van der Waals surface area contributed by atoms with Gasteiger partial charge in [-0.05, 0) is 86.6 Å². The third kappa shape index (κ3) is 4.69. The van der Waals surface area contributed by atoms with Crippen molar-refractivity contribution in [1.29, 1.82) is 0 Å². The van der Waals surface area contributed by atoms with Crippen molar-refractivity contribution in [2.45, 2.75) is 70.1 Å². The second kappa shape index (κ2) is 8.93. The molecule has 9 heteroatoms. The van der Waals surface area contributed by atoms with E-state index in [2.05, 4.69) is 26.6 Å². The lowest BCUT2D eigenvalue weighted by Gasteiger charge is -2.26. The van der Waals surface area contributed by atoms with Gasteiger partial charge in [-0.3, -0.25) is 14.4 Å². The summed E-state index contributed by atoms with van der Waals surface area (Å²) >= 11 is 3.14. The molecule has 0 bridgehead atoms. The van der Waals surface area contributed by atoms with Gasteiger partial charge >= 0.3 is 0 Å². The van der Waals surface area contributed by atoms with E-state index in [9.17, 15) is 18.8 Å². The van der Waals surface area contributed by atoms with E-state index in [4.69, 9.17) is 4.42 Å². The zero-order chi connectivity index (χ0) is 23.9. The summed E-state index contributed by atoms with van der Waals surface area (Å²) in [6.45, 7) is 5.67. The Morgan fingerprint density at radius 3 is 2.36 bits per heavy atom. The van der Waals surface area contributed by atoms with Crippen LogP contribution in [-0.2, 0) is 4.79 Å². The average molecular weight is 520 g/mol. The molecule has 0 spiro atoms. The minimum Gasteiger partial charge on any atom is -0.444 e. The first-order chi connectivity index (χ1) is 15.6. The fourth-order valence-corrected chi connectivity index (χ4v) is 4.72. The smallest absolute Gasteiger partial charge is 0.287 e. The predicted octanol–water partition coefficient (Wildman–Crippen LogP) is 4.33. The van der Waals surface area contributed by atoms with E-state index >= 15 is 0 Å². The highest BCUT2D eigenvalue weighted by Gasteiger charge is 2.52. The molecule has 3 atom stereocenters. The Bertz CT molecular complexity index is 1090. The zero-order valence-electron chi connectivity index (χ0n) is 18.8. The van der Waals surface area contributed by atoms with Gasteiger partial charge in [0.1, 0.15) is 11.4 Å². The van der Waals surface area contributed by atoms with Gasteiger partial charge < -0.3 is 20.0 Å². The molecule has 1 aliphatic heterocycles. The summed E-state index contributed by atoms with van der Waals surface area (Å²) in [6.07, 6.45) is 2.85. The molecule has 2 aromatic rings. The van der Waals surface area contributed by atoms with Gasteiger partial charge in [0.25, 0.3) is 11.8 Å². The Morgan fingerprint density at radius 1 is 1.15 bits per heavy atom. The molecule has 0 radical (unpaired) electrons. The molecule has 2 heterocycles. The number of hydrogen-bond donors (Lipinski definition) is 2. The predicted molar refractivity (Wildman–Crippen MR) is 123 cm³/mol. The quantitative estimate of drug-likeness (QED) is 0.593. The van der Waals surface area contributed by atoms with Gasteiger partial charge in [-0.25, -0.2) is 4.39 Å². The Morgan fingerprint density at radius 2 is 1.82 bits per heavy atom. The number of hydrogen-bond acceptors (Lipinski definition) is 4. The number of nitrogens with one attached hydrogen (secondary N) is 2. The number of benzene rings is 1. The summed E-state index contributed by atoms with van der Waals surface area (Å²) in [4.78, 5) is 39.9. The topological polar surface area (TPSA) is 91.7 Å². The average Bonchev–Trinajstić information content (AvgIpc) is 3.29. The van der Waals surface area contributed by atoms with Crippen molar-refractivity contribution >= 4 is 33.7 Å². The summed E-state index contributed by atoms with van der Waals surface area (Å²) in [5, 5.41) is 5.51. The molecule has 1 aromatic carbocycles. The monoisotopic (exact) mass is 519 g/mol. The number of furan rings is 1. The van der Waals surface area contributed by atoms with E-state index in [1.165, 1.54) is 18.2 Å². The molecule has 1 saturated carbocycles. The number of carbonyl (C=O) groups is 3. The highest BCUT2D eigenvalue weighted by Crippen LogP contribution is 2.37. The van der Waals surface area contributed by atoms with Crippen LogP contribution in [0.15, 0.2) is 39.4 Å². The maximum atomic E-state index is 14.9. The van der Waals surface area contributed by atoms with E-state index in [1.807, 2.05) is 13.8 Å². The number of amides is 3. The van der Waals surface area contributed by atoms with Gasteiger partial charge in [-0.2, -0.15) is 0 Å². The van der Waals surface area contributed by atoms with Crippen molar-refractivity contribution in [2.24, 2.45) is 0 Å². The van der Waals surface area contributed by atoms with E-state index in [0.717, 1.165) is 12.8 Å². The lowest BCUT2D eigenvalue weighted by Crippen LogP contribution is -2.49. The largest absolute Gasteiger partial charge is 0.444 e. The molecular weight excluding hydrogens is 493 g/mol. The van der Waals surface area contributed by atoms with E-state index < -0.39 is 23.3 Å². The van der Waals surface area contributed by atoms with Gasteiger partial charge in [-0.1, -0.05) is 6.07 Å². The molecule has 33 heavy (non-hydrogen) atoms. The summed E-state index contributed by atoms with van der Waals surface area (Å²) in [6, 6.07) is 7.10. The normalized spacial score (nSPS) is 22.0. The molecule has 2 fully saturated rings. The molecule has 3 amide bonds. The lowest BCUT2D eigenvalue weighted by molar-refractivity contribution is -0.124. The van der Waals surface area contributed by atoms with Crippen molar-refractivity contribution in [3.8, 4) is 0 Å². The Hall–Kier alpha value is -2.68. The minimum absolute atomic E-state index is 0.0990. The van der Waals surface area contributed by atoms with Crippen LogP contribution in [0.3, 0.4) is 0 Å². The molecule has 7 nitrogen and oxygen atoms in total. The third-order valence-electron chi connectivity index (χ3n) is 6.58. The molecular formula is C24H27BrFN3O4. The summed E-state index contributed by atoms with van der Waals surface area (Å²) in [7, 11) is 0. The Labute approximate surface area is 200 Å². The first kappa shape index (κ1) is 23.5. The van der Waals surface area contributed by atoms with Gasteiger partial charge in [0.05, 0.1) is 6.04 Å². The fourth-order valence-electron chi connectivity index (χ4n) is 4.42. The van der Waals surface area contributed by atoms with Gasteiger partial charge in [-0.15, -0.1) is 0 Å². The van der Waals surface area contributed by atoms with Crippen molar-refractivity contribution in [3.63, 3.8) is 0 Å². The number of halogens is 2. The first-order valence-electron chi connectivity index (χ1n) is 11.1. The van der Waals surface area contributed by atoms with Crippen LogP contribution in [0.1, 0.15) is 79.0 Å². The number of nitrogens with zero attached hydrogens (tertiary/aromatic N) is 1. The lowest BCUT2D eigenvalue weighted by atomic mass is 10.0. The summed E-state index contributed by atoms with van der Waals surface area (Å²) < 4.78 is 20.6. The number of carbonyl (C=O) groups excluding carboxylic acids is 3. The second-order valence-corrected chi connectivity index (χ2v) is 9.84. The van der Waals surface area contributed by atoms with E-state index in [0.29, 0.717) is 23.1 Å². The molecule has 1 saturated heterocycles. The molecule has 2 unspecified atom stereocenters. The van der Waals surface area contributed by atoms with Crippen LogP contribution in [0.5, 0.6) is 0 Å². The highest BCUT2D eigenvalue weighted by atomic mass is 79.9. The third-order valence-corrected chi connectivity index (χ3v) is 7.01. The SMILES string of the molecule is CC1CCC(C)N1C(=O)c1ccc([C@@H](C)NC(=O)C2(NC(=O)c3ccc(Br)o3)CC2)c(F)c1. The van der Waals surface area contributed by atoms with Crippen molar-refractivity contribution < 1.29 is 23.2 Å². The van der Waals surface area contributed by atoms with Crippen LogP contribution >= 0.6 is 15.9 Å². The van der Waals surface area contributed by atoms with Crippen molar-refractivity contribution in [2.75, 3.05) is 0 Å². The van der Waals surface area contributed by atoms with Crippen LogP contribution in [0.25, 0.3) is 0 Å². The molecule has 2 aliphatic rings. The van der Waals surface area contributed by atoms with E-state index in [1.54, 1.807) is 24.0 Å². The first-order valence-corrected chi connectivity index (χ1v) is 11.9. The standard InChI is InChI=1S/C24H27BrFN3O4/c1-13-4-5-14(2)29(13)22(31)16-6-7-17(18(26)12-16)15(3)27-23(32)24(10-11-24)28-21(30)19-8-9-20(25)33-19/h6-9,12-15H,4-5,10-11H2,1-3H3,(H,27,32)(H,28,30)/t13?,14?,15-/m1/s1. The zero-order valence-corrected chi connectivity index (χ0v) is 20.4. The number of rotatable bonds is 6. The maximum absolute atomic E-state index is 14.9. The van der Waals surface area contributed by atoms with Crippen LogP contribution in [0.2, 0.25) is 0 Å². The van der Waals surface area contributed by atoms with Crippen LogP contribution in [-0.4, -0.2) is 40.2 Å². The molecule has 176 valence electrons. The highest BCUT2D eigenvalue weighted by molar-refractivity contribution is 9.10. The minimum atomic E-state index is -1.03. The van der Waals surface area contributed by atoms with Gasteiger partial charge in [0.15, 0.2) is 10.4 Å². The van der Waals surface area contributed by atoms with Crippen LogP contribution in [0.4, 0.5) is 4.39 Å². The fraction of sp³-hybridized carbons (Fsp3) is 0.458.